The molecule has 0 aromatic heterocycles. The van der Waals surface area contributed by atoms with E-state index in [2.05, 4.69) is 18.3 Å². The molecule has 0 unspecified atom stereocenters. The van der Waals surface area contributed by atoms with E-state index in [0.717, 1.165) is 5.57 Å². The minimum absolute atomic E-state index is 0.447. The molecule has 1 nitrogen and oxygen atoms in total. The average molecular weight is 130 g/mol. The molecule has 0 radical (unpaired) electrons. The third-order valence-corrected chi connectivity index (χ3v) is 0.982. The summed E-state index contributed by atoms with van der Waals surface area (Å²) in [5, 5.41) is 0. The maximum atomic E-state index is 5.42. The van der Waals surface area contributed by atoms with Gasteiger partial charge in [-0.05, 0) is 12.3 Å². The molecule has 0 atom stereocenters. The van der Waals surface area contributed by atoms with Crippen molar-refractivity contribution in [3.63, 3.8) is 0 Å². The second-order valence-electron chi connectivity index (χ2n) is 1.22. The third kappa shape index (κ3) is 2.59. The van der Waals surface area contributed by atoms with E-state index in [1.165, 1.54) is 0 Å². The van der Waals surface area contributed by atoms with Crippen LogP contribution in [-0.4, -0.2) is 12.6 Å². The minimum atomic E-state index is 0.447. The van der Waals surface area contributed by atoms with E-state index in [1.54, 1.807) is 12.3 Å². The summed E-state index contributed by atoms with van der Waals surface area (Å²) < 4.78 is 0. The molecule has 0 aromatic carbocycles. The zero-order valence-corrected chi connectivity index (χ0v) is 5.36. The fourth-order valence-corrected chi connectivity index (χ4v) is 0.437. The van der Waals surface area contributed by atoms with Crippen LogP contribution in [0.1, 0.15) is 0 Å². The van der Waals surface area contributed by atoms with E-state index in [9.17, 15) is 0 Å². The fraction of sp³-hybridized carbons (Fsp3) is 0.167. The van der Waals surface area contributed by atoms with Crippen LogP contribution >= 0.6 is 11.6 Å². The van der Waals surface area contributed by atoms with Gasteiger partial charge in [0.2, 0.25) is 0 Å². The van der Waals surface area contributed by atoms with Crippen LogP contribution in [-0.2, 0) is 0 Å². The zero-order chi connectivity index (χ0) is 6.41. The highest BCUT2D eigenvalue weighted by Crippen LogP contribution is 1.97. The second kappa shape index (κ2) is 4.60. The molecule has 0 N–H and O–H groups in total. The molecule has 0 saturated heterocycles. The minimum Gasteiger partial charge on any atom is -0.272 e. The van der Waals surface area contributed by atoms with Crippen molar-refractivity contribution in [2.75, 3.05) is 5.88 Å². The predicted molar refractivity (Wildman–Crippen MR) is 38.5 cm³/mol. The topological polar surface area (TPSA) is 12.4 Å². The molecular formula is C6H8ClN. The first-order valence-electron chi connectivity index (χ1n) is 2.18. The summed E-state index contributed by atoms with van der Waals surface area (Å²) in [6.45, 7) is 6.77. The number of hydrogen-bond acceptors (Lipinski definition) is 1. The van der Waals surface area contributed by atoms with Gasteiger partial charge in [0.05, 0.1) is 0 Å². The first kappa shape index (κ1) is 7.44. The maximum Gasteiger partial charge on any atom is 0.0489 e. The Kier molecular flexibility index (Phi) is 4.27. The van der Waals surface area contributed by atoms with Crippen LogP contribution in [0.5, 0.6) is 0 Å². The predicted octanol–water partition coefficient (Wildman–Crippen LogP) is 2.00. The highest BCUT2D eigenvalue weighted by molar-refractivity contribution is 6.19. The molecule has 8 heavy (non-hydrogen) atoms. The van der Waals surface area contributed by atoms with Crippen LogP contribution in [0.25, 0.3) is 0 Å². The number of alkyl halides is 1. The van der Waals surface area contributed by atoms with Crippen molar-refractivity contribution in [3.8, 4) is 0 Å². The van der Waals surface area contributed by atoms with Crippen molar-refractivity contribution in [1.29, 1.82) is 0 Å². The maximum absolute atomic E-state index is 5.42. The first-order chi connectivity index (χ1) is 3.85. The summed E-state index contributed by atoms with van der Waals surface area (Å²) >= 11 is 5.42. The van der Waals surface area contributed by atoms with Gasteiger partial charge in [0.15, 0.2) is 0 Å². The standard InChI is InChI=1S/C6H8ClN/c1-3-6(4-7)5-8-2/h3,5H,1-2,4H2/b6-5+. The summed E-state index contributed by atoms with van der Waals surface area (Å²) in [5.74, 6) is 0.447. The van der Waals surface area contributed by atoms with Gasteiger partial charge < -0.3 is 0 Å². The van der Waals surface area contributed by atoms with Gasteiger partial charge in [0, 0.05) is 12.1 Å². The molecule has 0 amide bonds. The van der Waals surface area contributed by atoms with Crippen LogP contribution in [0, 0.1) is 0 Å². The average Bonchev–Trinajstić information content (AvgIpc) is 1.83. The van der Waals surface area contributed by atoms with E-state index in [4.69, 9.17) is 11.6 Å². The summed E-state index contributed by atoms with van der Waals surface area (Å²) in [5.41, 5.74) is 0.890. The Balaban J connectivity index is 3.84. The van der Waals surface area contributed by atoms with Gasteiger partial charge in [-0.2, -0.15) is 0 Å². The van der Waals surface area contributed by atoms with Crippen molar-refractivity contribution in [1.82, 2.24) is 0 Å². The summed E-state index contributed by atoms with van der Waals surface area (Å²) in [7, 11) is 0. The molecule has 0 fully saturated rings. The Morgan fingerprint density at radius 1 is 1.75 bits per heavy atom. The fourth-order valence-electron chi connectivity index (χ4n) is 0.259. The SMILES string of the molecule is C=C/C(=C\N=C)CCl. The Bertz CT molecular complexity index is 116. The summed E-state index contributed by atoms with van der Waals surface area (Å²) in [4.78, 5) is 3.51. The molecule has 0 rings (SSSR count). The van der Waals surface area contributed by atoms with Crippen molar-refractivity contribution < 1.29 is 0 Å². The molecule has 2 heteroatoms. The van der Waals surface area contributed by atoms with E-state index in [1.807, 2.05) is 0 Å². The van der Waals surface area contributed by atoms with Crippen LogP contribution in [0.15, 0.2) is 29.4 Å². The zero-order valence-electron chi connectivity index (χ0n) is 4.60. The molecule has 0 aromatic rings. The van der Waals surface area contributed by atoms with Gasteiger partial charge in [-0.3, -0.25) is 4.99 Å². The number of allylic oxidation sites excluding steroid dienone is 2. The Hall–Kier alpha value is -0.560. The number of aliphatic imine (C=N–C) groups is 1. The highest BCUT2D eigenvalue weighted by Gasteiger charge is 1.82. The second-order valence-corrected chi connectivity index (χ2v) is 1.49. The van der Waals surface area contributed by atoms with Crippen molar-refractivity contribution >= 4 is 18.3 Å². The molecule has 0 spiro atoms. The Morgan fingerprint density at radius 2 is 2.38 bits per heavy atom. The van der Waals surface area contributed by atoms with Gasteiger partial charge in [0.1, 0.15) is 0 Å². The van der Waals surface area contributed by atoms with Crippen LogP contribution in [0.3, 0.4) is 0 Å². The molecule has 0 aliphatic carbocycles. The molecule has 0 heterocycles. The van der Waals surface area contributed by atoms with Crippen molar-refractivity contribution in [3.05, 3.63) is 24.4 Å². The lowest BCUT2D eigenvalue weighted by molar-refractivity contribution is 1.45. The van der Waals surface area contributed by atoms with Gasteiger partial charge in [-0.1, -0.05) is 12.7 Å². The van der Waals surface area contributed by atoms with E-state index in [-0.39, 0.29) is 0 Å². The van der Waals surface area contributed by atoms with Crippen LogP contribution in [0.4, 0.5) is 0 Å². The molecule has 0 aliphatic heterocycles. The van der Waals surface area contributed by atoms with Gasteiger partial charge >= 0.3 is 0 Å². The molecular weight excluding hydrogens is 122 g/mol. The highest BCUT2D eigenvalue weighted by atomic mass is 35.5. The Labute approximate surface area is 54.4 Å². The monoisotopic (exact) mass is 129 g/mol. The van der Waals surface area contributed by atoms with Crippen LogP contribution in [0.2, 0.25) is 0 Å². The molecule has 44 valence electrons. The number of nitrogens with zero attached hydrogens (tertiary/aromatic N) is 1. The number of halogens is 1. The van der Waals surface area contributed by atoms with Gasteiger partial charge in [-0.15, -0.1) is 11.6 Å². The largest absolute Gasteiger partial charge is 0.272 e. The lowest BCUT2D eigenvalue weighted by atomic mass is 10.3. The first-order valence-corrected chi connectivity index (χ1v) is 2.72. The Morgan fingerprint density at radius 3 is 2.50 bits per heavy atom. The lowest BCUT2D eigenvalue weighted by Gasteiger charge is -1.86. The van der Waals surface area contributed by atoms with Crippen molar-refractivity contribution in [2.45, 2.75) is 0 Å². The molecule has 0 saturated carbocycles. The quantitative estimate of drug-likeness (QED) is 0.314. The van der Waals surface area contributed by atoms with E-state index >= 15 is 0 Å². The van der Waals surface area contributed by atoms with Crippen molar-refractivity contribution in [2.24, 2.45) is 4.99 Å². The normalized spacial score (nSPS) is 10.9. The number of hydrogen-bond donors (Lipinski definition) is 0. The smallest absolute Gasteiger partial charge is 0.0489 e. The summed E-state index contributed by atoms with van der Waals surface area (Å²) in [6.07, 6.45) is 3.24. The lowest BCUT2D eigenvalue weighted by Crippen LogP contribution is -1.74. The van der Waals surface area contributed by atoms with Gasteiger partial charge in [0.25, 0.3) is 0 Å². The number of rotatable bonds is 3. The van der Waals surface area contributed by atoms with Crippen LogP contribution < -0.4 is 0 Å². The van der Waals surface area contributed by atoms with Gasteiger partial charge in [-0.25, -0.2) is 0 Å². The summed E-state index contributed by atoms with van der Waals surface area (Å²) in [6, 6.07) is 0. The van der Waals surface area contributed by atoms with E-state index < -0.39 is 0 Å². The van der Waals surface area contributed by atoms with E-state index in [0.29, 0.717) is 5.88 Å². The molecule has 0 aliphatic rings. The third-order valence-electron chi connectivity index (χ3n) is 0.674. The molecule has 0 bridgehead atoms.